The molecule has 0 radical (unpaired) electrons. The largest absolute Gasteiger partial charge is 0.489 e. The topological polar surface area (TPSA) is 102 Å². The number of halogens is 5. The molecular formula is C46H32BCl5N6O2S2. The summed E-state index contributed by atoms with van der Waals surface area (Å²) in [5.41, 5.74) is 6.41. The third kappa shape index (κ3) is 8.88. The molecule has 0 amide bonds. The molecule has 308 valence electrons. The summed E-state index contributed by atoms with van der Waals surface area (Å²) in [6.07, 6.45) is 3.84. The van der Waals surface area contributed by atoms with Crippen molar-refractivity contribution in [3.8, 4) is 22.9 Å². The van der Waals surface area contributed by atoms with Gasteiger partial charge in [-0.25, -0.2) is 9.97 Å². The first kappa shape index (κ1) is 43.8. The summed E-state index contributed by atoms with van der Waals surface area (Å²) in [5, 5.41) is 24.5. The molecule has 0 aliphatic rings. The molecule has 0 fully saturated rings. The zero-order chi connectivity index (χ0) is 43.5. The number of para-hydroxylation sites is 4. The third-order valence-electron chi connectivity index (χ3n) is 9.88. The number of fused-ring (bicyclic) bond motifs is 6. The van der Waals surface area contributed by atoms with Crippen LogP contribution in [0.25, 0.3) is 66.5 Å². The SMILES string of the molecule is CSc1c(Cl)cccc1-c1cc(-n2c3ccccc3c3ccccc32)nc(Cl)n1.CSc1c(Cl)cccc1B(O)O.Clc1cc(-n2c3ccccc3c3ccccc32)nc(Cl)n1. The van der Waals surface area contributed by atoms with E-state index in [1.165, 1.54) is 33.3 Å². The second-order valence-corrected chi connectivity index (χ2v) is 17.0. The molecule has 8 nitrogen and oxygen atoms in total. The van der Waals surface area contributed by atoms with E-state index >= 15 is 0 Å². The van der Waals surface area contributed by atoms with Crippen molar-refractivity contribution >= 4 is 138 Å². The number of aromatic nitrogens is 6. The summed E-state index contributed by atoms with van der Waals surface area (Å²) in [5.74, 6) is 1.39. The minimum atomic E-state index is -1.45. The second kappa shape index (κ2) is 19.3. The fourth-order valence-electron chi connectivity index (χ4n) is 7.35. The van der Waals surface area contributed by atoms with Gasteiger partial charge in [-0.3, -0.25) is 9.13 Å². The molecule has 6 aromatic carbocycles. The van der Waals surface area contributed by atoms with Crippen LogP contribution in [0, 0.1) is 0 Å². The monoisotopic (exact) mass is 950 g/mol. The van der Waals surface area contributed by atoms with Crippen molar-refractivity contribution in [1.82, 2.24) is 29.1 Å². The summed E-state index contributed by atoms with van der Waals surface area (Å²) in [7, 11) is -1.45. The van der Waals surface area contributed by atoms with Gasteiger partial charge in [0.2, 0.25) is 10.6 Å². The van der Waals surface area contributed by atoms with Gasteiger partial charge in [-0.15, -0.1) is 23.5 Å². The highest BCUT2D eigenvalue weighted by Gasteiger charge is 2.19. The van der Waals surface area contributed by atoms with Crippen molar-refractivity contribution in [2.45, 2.75) is 9.79 Å². The normalized spacial score (nSPS) is 11.1. The molecular weight excluding hydrogens is 921 g/mol. The second-order valence-electron chi connectivity index (χ2n) is 13.5. The number of rotatable bonds is 6. The van der Waals surface area contributed by atoms with Crippen LogP contribution < -0.4 is 5.46 Å². The molecule has 4 heterocycles. The number of nitrogens with zero attached hydrogens (tertiary/aromatic N) is 6. The molecule has 0 aliphatic heterocycles. The van der Waals surface area contributed by atoms with E-state index in [-0.39, 0.29) is 10.6 Å². The standard InChI is InChI=1S/C23H15Cl2N3S.C16H9Cl2N3.C7H8BClO2S/c1-29-22-16(9-6-10-17(22)24)18-13-21(27-23(25)26-18)28-19-11-4-2-7-14(19)15-8-3-5-12-20(15)28;17-14-9-15(20-16(18)19-14)21-12-7-3-1-5-10(12)11-6-2-4-8-13(11)21;1-12-7-5(8(10)11)3-2-4-6(7)9/h2-13H,1H3;1-9H;2-4,10-11H,1H3. The van der Waals surface area contributed by atoms with Crippen molar-refractivity contribution in [1.29, 1.82) is 0 Å². The predicted octanol–water partition coefficient (Wildman–Crippen LogP) is 12.9. The third-order valence-corrected chi connectivity index (χ3v) is 13.0. The van der Waals surface area contributed by atoms with Crippen LogP contribution in [0.3, 0.4) is 0 Å². The molecule has 0 atom stereocenters. The van der Waals surface area contributed by atoms with Gasteiger partial charge in [0.1, 0.15) is 16.8 Å². The summed E-state index contributed by atoms with van der Waals surface area (Å²) < 4.78 is 4.18. The quantitative estimate of drug-likeness (QED) is 0.0735. The van der Waals surface area contributed by atoms with Crippen LogP contribution in [0.2, 0.25) is 25.8 Å². The average molecular weight is 953 g/mol. The number of thioether (sulfide) groups is 2. The van der Waals surface area contributed by atoms with Crippen molar-refractivity contribution in [3.63, 3.8) is 0 Å². The van der Waals surface area contributed by atoms with Gasteiger partial charge in [-0.2, -0.15) is 9.97 Å². The minimum Gasteiger partial charge on any atom is -0.423 e. The van der Waals surface area contributed by atoms with Crippen LogP contribution in [-0.4, -0.2) is 58.7 Å². The van der Waals surface area contributed by atoms with Gasteiger partial charge in [0, 0.05) is 49.0 Å². The fraction of sp³-hybridized carbons (Fsp3) is 0.0435. The summed E-state index contributed by atoms with van der Waals surface area (Å²) in [6.45, 7) is 0. The lowest BCUT2D eigenvalue weighted by molar-refractivity contribution is 0.425. The highest BCUT2D eigenvalue weighted by atomic mass is 35.5. The number of benzene rings is 6. The summed E-state index contributed by atoms with van der Waals surface area (Å²) in [6, 6.07) is 47.5. The maximum absolute atomic E-state index is 8.94. The molecule has 0 saturated carbocycles. The Kier molecular flexibility index (Phi) is 13.7. The molecule has 2 N–H and O–H groups in total. The Morgan fingerprint density at radius 1 is 0.468 bits per heavy atom. The van der Waals surface area contributed by atoms with Crippen molar-refractivity contribution in [2.75, 3.05) is 12.5 Å². The molecule has 0 spiro atoms. The lowest BCUT2D eigenvalue weighted by atomic mass is 9.80. The van der Waals surface area contributed by atoms with E-state index in [1.807, 2.05) is 89.9 Å². The lowest BCUT2D eigenvalue weighted by Crippen LogP contribution is -2.31. The van der Waals surface area contributed by atoms with Gasteiger partial charge < -0.3 is 10.0 Å². The Balaban J connectivity index is 0.000000140. The van der Waals surface area contributed by atoms with Gasteiger partial charge in [-0.05, 0) is 77.6 Å². The molecule has 0 unspecified atom stereocenters. The van der Waals surface area contributed by atoms with E-state index in [0.29, 0.717) is 31.4 Å². The van der Waals surface area contributed by atoms with E-state index < -0.39 is 7.12 Å². The number of hydrogen-bond acceptors (Lipinski definition) is 8. The highest BCUT2D eigenvalue weighted by molar-refractivity contribution is 7.99. The van der Waals surface area contributed by atoms with Gasteiger partial charge in [-0.1, -0.05) is 132 Å². The fourth-order valence-corrected chi connectivity index (χ4v) is 10.1. The van der Waals surface area contributed by atoms with Crippen molar-refractivity contribution in [2.24, 2.45) is 0 Å². The van der Waals surface area contributed by atoms with E-state index in [9.17, 15) is 0 Å². The van der Waals surface area contributed by atoms with Crippen LogP contribution in [0.5, 0.6) is 0 Å². The summed E-state index contributed by atoms with van der Waals surface area (Å²) in [4.78, 5) is 19.0. The average Bonchev–Trinajstić information content (AvgIpc) is 3.79. The first-order valence-electron chi connectivity index (χ1n) is 18.8. The van der Waals surface area contributed by atoms with Gasteiger partial charge in [0.15, 0.2) is 0 Å². The molecule has 0 saturated heterocycles. The Morgan fingerprint density at radius 2 is 0.887 bits per heavy atom. The van der Waals surface area contributed by atoms with Crippen LogP contribution in [-0.2, 0) is 0 Å². The summed E-state index contributed by atoms with van der Waals surface area (Å²) >= 11 is 33.6. The van der Waals surface area contributed by atoms with E-state index in [4.69, 9.17) is 68.1 Å². The molecule has 4 aromatic heterocycles. The molecule has 16 heteroatoms. The highest BCUT2D eigenvalue weighted by Crippen LogP contribution is 2.38. The van der Waals surface area contributed by atoms with Crippen LogP contribution in [0.1, 0.15) is 0 Å². The first-order valence-corrected chi connectivity index (χ1v) is 23.1. The minimum absolute atomic E-state index is 0.138. The van der Waals surface area contributed by atoms with E-state index in [1.54, 1.807) is 36.0 Å². The van der Waals surface area contributed by atoms with E-state index in [2.05, 4.69) is 73.0 Å². The predicted molar refractivity (Wildman–Crippen MR) is 263 cm³/mol. The Hall–Kier alpha value is -4.79. The molecule has 0 aliphatic carbocycles. The Bertz CT molecular complexity index is 3130. The first-order chi connectivity index (χ1) is 30.1. The van der Waals surface area contributed by atoms with Gasteiger partial charge in [0.25, 0.3) is 0 Å². The molecule has 0 bridgehead atoms. The maximum atomic E-state index is 8.94. The van der Waals surface area contributed by atoms with Crippen LogP contribution >= 0.6 is 81.5 Å². The van der Waals surface area contributed by atoms with Crippen LogP contribution in [0.4, 0.5) is 0 Å². The van der Waals surface area contributed by atoms with E-state index in [0.717, 1.165) is 44.0 Å². The van der Waals surface area contributed by atoms with Gasteiger partial charge >= 0.3 is 7.12 Å². The van der Waals surface area contributed by atoms with Crippen molar-refractivity contribution < 1.29 is 10.0 Å². The lowest BCUT2D eigenvalue weighted by Gasteiger charge is -2.12. The van der Waals surface area contributed by atoms with Gasteiger partial charge in [0.05, 0.1) is 37.8 Å². The Labute approximate surface area is 390 Å². The van der Waals surface area contributed by atoms with Crippen molar-refractivity contribution in [3.05, 3.63) is 171 Å². The zero-order valence-electron chi connectivity index (χ0n) is 32.7. The maximum Gasteiger partial charge on any atom is 0.489 e. The molecule has 62 heavy (non-hydrogen) atoms. The Morgan fingerprint density at radius 3 is 1.32 bits per heavy atom. The molecule has 10 rings (SSSR count). The number of hydrogen-bond donors (Lipinski definition) is 2. The van der Waals surface area contributed by atoms with Crippen LogP contribution in [0.15, 0.2) is 155 Å². The smallest absolute Gasteiger partial charge is 0.423 e. The molecule has 10 aromatic rings. The zero-order valence-corrected chi connectivity index (χ0v) is 38.1.